The van der Waals surface area contributed by atoms with Crippen LogP contribution in [-0.2, 0) is 4.74 Å². The molecule has 1 aromatic rings. The minimum Gasteiger partial charge on any atom is -0.425 e. The van der Waals surface area contributed by atoms with Crippen molar-refractivity contribution in [1.82, 2.24) is 0 Å². The predicted octanol–water partition coefficient (Wildman–Crippen LogP) is 1.74. The molecule has 74 valence electrons. The van der Waals surface area contributed by atoms with E-state index in [1.54, 1.807) is 30.3 Å². The molecule has 1 N–H and O–H groups in total. The van der Waals surface area contributed by atoms with Gasteiger partial charge in [-0.3, -0.25) is 0 Å². The van der Waals surface area contributed by atoms with Crippen molar-refractivity contribution in [2.24, 2.45) is 0 Å². The topological polar surface area (TPSA) is 46.5 Å². The number of carbonyl (C=O) groups excluding carboxylic acids is 1. The maximum atomic E-state index is 11.4. The summed E-state index contributed by atoms with van der Waals surface area (Å²) >= 11 is 0. The van der Waals surface area contributed by atoms with E-state index in [-0.39, 0.29) is 5.76 Å². The molecular formula is C11H12O3. The highest BCUT2D eigenvalue weighted by atomic mass is 16.5. The average Bonchev–Trinajstić information content (AvgIpc) is 2.19. The number of hydrogen-bond donors (Lipinski definition) is 1. The number of benzene rings is 1. The van der Waals surface area contributed by atoms with Crippen molar-refractivity contribution in [2.75, 3.05) is 0 Å². The summed E-state index contributed by atoms with van der Waals surface area (Å²) in [4.78, 5) is 11.4. The minimum absolute atomic E-state index is 0.0545. The number of aliphatic hydroxyl groups excluding tert-OH is 1. The summed E-state index contributed by atoms with van der Waals surface area (Å²) in [6.45, 7) is 4.91. The summed E-state index contributed by atoms with van der Waals surface area (Å²) in [5.41, 5.74) is 0.439. The number of aliphatic hydroxyl groups is 1. The lowest BCUT2D eigenvalue weighted by Gasteiger charge is -2.08. The Labute approximate surface area is 82.6 Å². The molecule has 3 nitrogen and oxygen atoms in total. The SMILES string of the molecule is C=C(OC(=O)c1ccccc1)C(C)O. The molecule has 0 saturated heterocycles. The smallest absolute Gasteiger partial charge is 0.343 e. The summed E-state index contributed by atoms with van der Waals surface area (Å²) in [7, 11) is 0. The van der Waals surface area contributed by atoms with Gasteiger partial charge >= 0.3 is 5.97 Å². The van der Waals surface area contributed by atoms with Gasteiger partial charge in [-0.05, 0) is 19.1 Å². The zero-order chi connectivity index (χ0) is 10.6. The Hall–Kier alpha value is -1.61. The van der Waals surface area contributed by atoms with E-state index in [1.807, 2.05) is 0 Å². The number of ether oxygens (including phenoxy) is 1. The summed E-state index contributed by atoms with van der Waals surface area (Å²) in [5, 5.41) is 9.04. The predicted molar refractivity (Wildman–Crippen MR) is 52.7 cm³/mol. The first-order chi connectivity index (χ1) is 6.61. The van der Waals surface area contributed by atoms with E-state index in [9.17, 15) is 4.79 Å². The second kappa shape index (κ2) is 4.58. The largest absolute Gasteiger partial charge is 0.425 e. The maximum Gasteiger partial charge on any atom is 0.343 e. The van der Waals surface area contributed by atoms with Crippen molar-refractivity contribution in [3.63, 3.8) is 0 Å². The van der Waals surface area contributed by atoms with Gasteiger partial charge in [0, 0.05) is 0 Å². The van der Waals surface area contributed by atoms with Crippen molar-refractivity contribution >= 4 is 5.97 Å². The van der Waals surface area contributed by atoms with Crippen LogP contribution < -0.4 is 0 Å². The van der Waals surface area contributed by atoms with E-state index >= 15 is 0 Å². The molecule has 3 heteroatoms. The zero-order valence-electron chi connectivity index (χ0n) is 7.93. The van der Waals surface area contributed by atoms with Crippen LogP contribution in [-0.4, -0.2) is 17.2 Å². The summed E-state index contributed by atoms with van der Waals surface area (Å²) < 4.78 is 4.81. The molecule has 0 radical (unpaired) electrons. The van der Waals surface area contributed by atoms with E-state index in [4.69, 9.17) is 9.84 Å². The van der Waals surface area contributed by atoms with E-state index in [0.29, 0.717) is 5.56 Å². The third-order valence-electron chi connectivity index (χ3n) is 1.70. The third-order valence-corrected chi connectivity index (χ3v) is 1.70. The molecule has 1 atom stereocenters. The van der Waals surface area contributed by atoms with Crippen molar-refractivity contribution in [1.29, 1.82) is 0 Å². The Balaban J connectivity index is 2.65. The van der Waals surface area contributed by atoms with Crippen LogP contribution in [0.5, 0.6) is 0 Å². The van der Waals surface area contributed by atoms with Gasteiger partial charge in [0.25, 0.3) is 0 Å². The summed E-state index contributed by atoms with van der Waals surface area (Å²) in [5.74, 6) is -0.449. The van der Waals surface area contributed by atoms with Gasteiger partial charge in [-0.2, -0.15) is 0 Å². The highest BCUT2D eigenvalue weighted by molar-refractivity contribution is 5.89. The summed E-state index contributed by atoms with van der Waals surface area (Å²) in [6.07, 6.45) is -0.845. The number of rotatable bonds is 3. The Morgan fingerprint density at radius 1 is 1.43 bits per heavy atom. The third kappa shape index (κ3) is 2.71. The molecule has 1 unspecified atom stereocenters. The van der Waals surface area contributed by atoms with Gasteiger partial charge in [0.2, 0.25) is 0 Å². The molecule has 0 spiro atoms. The van der Waals surface area contributed by atoms with Crippen molar-refractivity contribution in [3.8, 4) is 0 Å². The molecule has 0 bridgehead atoms. The highest BCUT2D eigenvalue weighted by Gasteiger charge is 2.11. The van der Waals surface area contributed by atoms with Crippen molar-refractivity contribution in [3.05, 3.63) is 48.2 Å². The first kappa shape index (κ1) is 10.5. The molecule has 0 aromatic heterocycles. The zero-order valence-corrected chi connectivity index (χ0v) is 7.93. The monoisotopic (exact) mass is 192 g/mol. The van der Waals surface area contributed by atoms with Crippen LogP contribution in [0.3, 0.4) is 0 Å². The molecule has 1 aromatic carbocycles. The first-order valence-electron chi connectivity index (χ1n) is 4.25. The van der Waals surface area contributed by atoms with E-state index in [1.165, 1.54) is 6.92 Å². The average molecular weight is 192 g/mol. The number of hydrogen-bond acceptors (Lipinski definition) is 3. The molecule has 0 saturated carbocycles. The Morgan fingerprint density at radius 2 is 2.00 bits per heavy atom. The highest BCUT2D eigenvalue weighted by Crippen LogP contribution is 2.07. The van der Waals surface area contributed by atoms with Crippen molar-refractivity contribution < 1.29 is 14.6 Å². The van der Waals surface area contributed by atoms with E-state index in [0.717, 1.165) is 0 Å². The number of carbonyl (C=O) groups is 1. The van der Waals surface area contributed by atoms with Gasteiger partial charge in [0.1, 0.15) is 11.9 Å². The van der Waals surface area contributed by atoms with Crippen LogP contribution in [0.15, 0.2) is 42.7 Å². The Kier molecular flexibility index (Phi) is 3.42. The lowest BCUT2D eigenvalue weighted by atomic mass is 10.2. The second-order valence-corrected chi connectivity index (χ2v) is 2.90. The molecular weight excluding hydrogens is 180 g/mol. The second-order valence-electron chi connectivity index (χ2n) is 2.90. The van der Waals surface area contributed by atoms with Crippen molar-refractivity contribution in [2.45, 2.75) is 13.0 Å². The molecule has 0 aliphatic heterocycles. The number of esters is 1. The van der Waals surface area contributed by atoms with Gasteiger partial charge in [-0.25, -0.2) is 4.79 Å². The van der Waals surface area contributed by atoms with Gasteiger partial charge in [0.15, 0.2) is 0 Å². The standard InChI is InChI=1S/C11H12O3/c1-8(12)9(2)14-11(13)10-6-4-3-5-7-10/h3-8,12H,2H2,1H3. The molecule has 14 heavy (non-hydrogen) atoms. The summed E-state index contributed by atoms with van der Waals surface area (Å²) in [6, 6.07) is 8.55. The van der Waals surface area contributed by atoms with Crippen LogP contribution in [0, 0.1) is 0 Å². The van der Waals surface area contributed by atoms with Crippen LogP contribution in [0.25, 0.3) is 0 Å². The molecule has 0 fully saturated rings. The first-order valence-corrected chi connectivity index (χ1v) is 4.25. The quantitative estimate of drug-likeness (QED) is 0.586. The molecule has 0 aliphatic rings. The van der Waals surface area contributed by atoms with Gasteiger partial charge in [-0.15, -0.1) is 0 Å². The van der Waals surface area contributed by atoms with Gasteiger partial charge < -0.3 is 9.84 Å². The molecule has 0 aliphatic carbocycles. The van der Waals surface area contributed by atoms with E-state index in [2.05, 4.69) is 6.58 Å². The fourth-order valence-electron chi connectivity index (χ4n) is 0.838. The lowest BCUT2D eigenvalue weighted by molar-refractivity contribution is 0.0523. The Morgan fingerprint density at radius 3 is 2.50 bits per heavy atom. The van der Waals surface area contributed by atoms with Gasteiger partial charge in [-0.1, -0.05) is 24.8 Å². The lowest BCUT2D eigenvalue weighted by Crippen LogP contribution is -2.12. The van der Waals surface area contributed by atoms with E-state index < -0.39 is 12.1 Å². The maximum absolute atomic E-state index is 11.4. The fourth-order valence-corrected chi connectivity index (χ4v) is 0.838. The molecule has 0 amide bonds. The van der Waals surface area contributed by atoms with Crippen LogP contribution in [0.1, 0.15) is 17.3 Å². The fraction of sp³-hybridized carbons (Fsp3) is 0.182. The van der Waals surface area contributed by atoms with Crippen LogP contribution in [0.4, 0.5) is 0 Å². The van der Waals surface area contributed by atoms with Gasteiger partial charge in [0.05, 0.1) is 5.56 Å². The minimum atomic E-state index is -0.845. The van der Waals surface area contributed by atoms with Crippen LogP contribution >= 0.6 is 0 Å². The van der Waals surface area contributed by atoms with Crippen LogP contribution in [0.2, 0.25) is 0 Å². The molecule has 1 rings (SSSR count). The normalized spacial score (nSPS) is 11.9. The Bertz CT molecular complexity index is 328. The molecule has 0 heterocycles.